The Morgan fingerprint density at radius 1 is 1.00 bits per heavy atom. The zero-order chi connectivity index (χ0) is 26.1. The van der Waals surface area contributed by atoms with Gasteiger partial charge in [0.15, 0.2) is 11.5 Å². The lowest BCUT2D eigenvalue weighted by Crippen LogP contribution is -2.14. The minimum atomic E-state index is -4.49. The SMILES string of the molecule is CCc1cc(SCCC(C)Oc2ccc(C(F)(F)F)cc2Oc2ccccc2)ccc1CCC(=O)O. The summed E-state index contributed by atoms with van der Waals surface area (Å²) in [4.78, 5) is 12.0. The minimum absolute atomic E-state index is 0.0139. The molecule has 0 amide bonds. The van der Waals surface area contributed by atoms with Crippen LogP contribution in [0.4, 0.5) is 13.2 Å². The summed E-state index contributed by atoms with van der Waals surface area (Å²) in [5.41, 5.74) is 1.38. The van der Waals surface area contributed by atoms with Crippen LogP contribution in [-0.4, -0.2) is 22.9 Å². The van der Waals surface area contributed by atoms with Gasteiger partial charge in [0.1, 0.15) is 5.75 Å². The molecule has 1 atom stereocenters. The van der Waals surface area contributed by atoms with Gasteiger partial charge in [-0.3, -0.25) is 4.79 Å². The Morgan fingerprint density at radius 3 is 2.42 bits per heavy atom. The zero-order valence-electron chi connectivity index (χ0n) is 20.2. The van der Waals surface area contributed by atoms with Gasteiger partial charge >= 0.3 is 12.1 Å². The fourth-order valence-corrected chi connectivity index (χ4v) is 4.68. The number of aryl methyl sites for hydroxylation is 2. The molecule has 36 heavy (non-hydrogen) atoms. The molecule has 0 aliphatic carbocycles. The number of aliphatic carboxylic acids is 1. The Hall–Kier alpha value is -3.13. The summed E-state index contributed by atoms with van der Waals surface area (Å²) >= 11 is 1.66. The van der Waals surface area contributed by atoms with Crippen molar-refractivity contribution in [3.8, 4) is 17.2 Å². The number of carboxylic acid groups (broad SMARTS) is 1. The first-order valence-electron chi connectivity index (χ1n) is 11.7. The smallest absolute Gasteiger partial charge is 0.416 e. The van der Waals surface area contributed by atoms with Gasteiger partial charge in [-0.25, -0.2) is 0 Å². The molecular formula is C28H29F3O4S. The number of ether oxygens (including phenoxy) is 2. The molecule has 0 heterocycles. The van der Waals surface area contributed by atoms with Gasteiger partial charge in [0.2, 0.25) is 0 Å². The predicted octanol–water partition coefficient (Wildman–Crippen LogP) is 8.03. The van der Waals surface area contributed by atoms with Crippen LogP contribution < -0.4 is 9.47 Å². The number of benzene rings is 3. The second-order valence-electron chi connectivity index (χ2n) is 8.32. The van der Waals surface area contributed by atoms with Crippen LogP contribution in [0.5, 0.6) is 17.2 Å². The van der Waals surface area contributed by atoms with Crippen molar-refractivity contribution >= 4 is 17.7 Å². The van der Waals surface area contributed by atoms with E-state index < -0.39 is 17.7 Å². The minimum Gasteiger partial charge on any atom is -0.487 e. The highest BCUT2D eigenvalue weighted by atomic mass is 32.2. The molecule has 3 aromatic carbocycles. The lowest BCUT2D eigenvalue weighted by molar-refractivity contribution is -0.138. The van der Waals surface area contributed by atoms with Crippen LogP contribution in [0.2, 0.25) is 0 Å². The van der Waals surface area contributed by atoms with Gasteiger partial charge in [0.25, 0.3) is 0 Å². The van der Waals surface area contributed by atoms with E-state index >= 15 is 0 Å². The number of rotatable bonds is 12. The number of hydrogen-bond acceptors (Lipinski definition) is 4. The molecule has 0 bridgehead atoms. The van der Waals surface area contributed by atoms with E-state index in [1.165, 1.54) is 6.07 Å². The fraction of sp³-hybridized carbons (Fsp3) is 0.321. The van der Waals surface area contributed by atoms with Crippen LogP contribution in [0, 0.1) is 0 Å². The number of thioether (sulfide) groups is 1. The number of halogens is 3. The van der Waals surface area contributed by atoms with Crippen molar-refractivity contribution in [1.82, 2.24) is 0 Å². The molecule has 1 N–H and O–H groups in total. The topological polar surface area (TPSA) is 55.8 Å². The van der Waals surface area contributed by atoms with Gasteiger partial charge in [-0.2, -0.15) is 13.2 Å². The summed E-state index contributed by atoms with van der Waals surface area (Å²) < 4.78 is 51.5. The Labute approximate surface area is 213 Å². The maximum Gasteiger partial charge on any atom is 0.416 e. The first kappa shape index (κ1) is 27.5. The van der Waals surface area contributed by atoms with Gasteiger partial charge in [-0.15, -0.1) is 11.8 Å². The number of carboxylic acids is 1. The monoisotopic (exact) mass is 518 g/mol. The third-order valence-electron chi connectivity index (χ3n) is 5.53. The maximum absolute atomic E-state index is 13.3. The molecule has 0 aromatic heterocycles. The number of para-hydroxylation sites is 1. The third-order valence-corrected chi connectivity index (χ3v) is 6.56. The molecule has 8 heteroatoms. The van der Waals surface area contributed by atoms with Crippen molar-refractivity contribution in [3.63, 3.8) is 0 Å². The maximum atomic E-state index is 13.3. The van der Waals surface area contributed by atoms with Crippen molar-refractivity contribution < 1.29 is 32.5 Å². The van der Waals surface area contributed by atoms with Crippen LogP contribution in [0.25, 0.3) is 0 Å². The Morgan fingerprint density at radius 2 is 1.75 bits per heavy atom. The molecule has 1 unspecified atom stereocenters. The standard InChI is InChI=1S/C28H29F3O4S/c1-3-20-17-24(12-9-21(20)10-14-27(32)33)36-16-15-19(2)34-25-13-11-22(28(29,30)31)18-26(25)35-23-7-5-4-6-8-23/h4-9,11-13,17-19H,3,10,14-16H2,1-2H3,(H,32,33). The molecule has 0 saturated carbocycles. The lowest BCUT2D eigenvalue weighted by atomic mass is 10.0. The van der Waals surface area contributed by atoms with E-state index in [4.69, 9.17) is 14.6 Å². The molecule has 3 rings (SSSR count). The van der Waals surface area contributed by atoms with Gasteiger partial charge in [0.05, 0.1) is 11.7 Å². The molecule has 3 aromatic rings. The summed E-state index contributed by atoms with van der Waals surface area (Å²) in [5.74, 6) is 0.618. The van der Waals surface area contributed by atoms with Gasteiger partial charge in [-0.05, 0) is 79.8 Å². The average Bonchev–Trinajstić information content (AvgIpc) is 2.84. The van der Waals surface area contributed by atoms with Gasteiger partial charge in [-0.1, -0.05) is 31.2 Å². The Kier molecular flexibility index (Phi) is 9.70. The van der Waals surface area contributed by atoms with Crippen molar-refractivity contribution in [2.45, 2.75) is 56.7 Å². The largest absolute Gasteiger partial charge is 0.487 e. The predicted molar refractivity (Wildman–Crippen MR) is 135 cm³/mol. The first-order valence-corrected chi connectivity index (χ1v) is 12.7. The lowest BCUT2D eigenvalue weighted by Gasteiger charge is -2.19. The first-order chi connectivity index (χ1) is 17.2. The van der Waals surface area contributed by atoms with Gasteiger partial charge in [0, 0.05) is 17.1 Å². The van der Waals surface area contributed by atoms with Crippen LogP contribution in [0.3, 0.4) is 0 Å². The molecule has 0 saturated heterocycles. The molecular weight excluding hydrogens is 489 g/mol. The highest BCUT2D eigenvalue weighted by Crippen LogP contribution is 2.39. The van der Waals surface area contributed by atoms with Crippen LogP contribution >= 0.6 is 11.8 Å². The third kappa shape index (κ3) is 8.22. The Balaban J connectivity index is 1.63. The van der Waals surface area contributed by atoms with Crippen LogP contribution in [0.15, 0.2) is 71.6 Å². The van der Waals surface area contributed by atoms with E-state index in [0.29, 0.717) is 18.6 Å². The van der Waals surface area contributed by atoms with E-state index in [0.717, 1.165) is 40.3 Å². The van der Waals surface area contributed by atoms with Crippen molar-refractivity contribution in [2.24, 2.45) is 0 Å². The van der Waals surface area contributed by atoms with E-state index in [1.807, 2.05) is 26.0 Å². The highest BCUT2D eigenvalue weighted by molar-refractivity contribution is 7.99. The average molecular weight is 519 g/mol. The number of carbonyl (C=O) groups is 1. The second-order valence-corrected chi connectivity index (χ2v) is 9.49. The summed E-state index contributed by atoms with van der Waals surface area (Å²) in [7, 11) is 0. The van der Waals surface area contributed by atoms with E-state index in [9.17, 15) is 18.0 Å². The molecule has 0 aliphatic rings. The molecule has 192 valence electrons. The second kappa shape index (κ2) is 12.7. The van der Waals surface area contributed by atoms with Crippen molar-refractivity contribution in [3.05, 3.63) is 83.4 Å². The summed E-state index contributed by atoms with van der Waals surface area (Å²) in [6.07, 6.45) is -2.65. The van der Waals surface area contributed by atoms with Crippen molar-refractivity contribution in [1.29, 1.82) is 0 Å². The molecule has 0 spiro atoms. The molecule has 0 fully saturated rings. The zero-order valence-corrected chi connectivity index (χ0v) is 21.0. The van der Waals surface area contributed by atoms with Crippen LogP contribution in [0.1, 0.15) is 43.4 Å². The fourth-order valence-electron chi connectivity index (χ4n) is 3.60. The van der Waals surface area contributed by atoms with E-state index in [2.05, 4.69) is 6.07 Å². The Bertz CT molecular complexity index is 1150. The number of hydrogen-bond donors (Lipinski definition) is 1. The van der Waals surface area contributed by atoms with Crippen molar-refractivity contribution in [2.75, 3.05) is 5.75 Å². The van der Waals surface area contributed by atoms with Crippen LogP contribution in [-0.2, 0) is 23.8 Å². The normalized spacial score (nSPS) is 12.2. The molecule has 4 nitrogen and oxygen atoms in total. The summed E-state index contributed by atoms with van der Waals surface area (Å²) in [6, 6.07) is 17.9. The molecule has 0 radical (unpaired) electrons. The highest BCUT2D eigenvalue weighted by Gasteiger charge is 2.31. The summed E-state index contributed by atoms with van der Waals surface area (Å²) in [6.45, 7) is 3.92. The van der Waals surface area contributed by atoms with E-state index in [-0.39, 0.29) is 24.0 Å². The number of alkyl halides is 3. The van der Waals surface area contributed by atoms with E-state index in [1.54, 1.807) is 42.1 Å². The van der Waals surface area contributed by atoms with Gasteiger partial charge < -0.3 is 14.6 Å². The summed E-state index contributed by atoms with van der Waals surface area (Å²) in [5, 5.41) is 8.93. The molecule has 0 aliphatic heterocycles. The quantitative estimate of drug-likeness (QED) is 0.246.